The molecule has 1 atom stereocenters. The lowest BCUT2D eigenvalue weighted by Gasteiger charge is -2.32. The molecule has 1 aromatic heterocycles. The monoisotopic (exact) mass is 399 g/mol. The normalized spacial score (nSPS) is 19.7. The molecule has 3 aromatic rings. The lowest BCUT2D eigenvalue weighted by molar-refractivity contribution is -0.125. The first kappa shape index (κ1) is 18.6. The number of amides is 1. The minimum absolute atomic E-state index is 0.0380. The molecule has 2 aromatic carbocycles. The van der Waals surface area contributed by atoms with Crippen LogP contribution in [-0.2, 0) is 4.79 Å². The molecule has 5 rings (SSSR count). The molecule has 0 radical (unpaired) electrons. The Morgan fingerprint density at radius 3 is 2.30 bits per heavy atom. The van der Waals surface area contributed by atoms with Gasteiger partial charge in [-0.3, -0.25) is 9.80 Å². The molecule has 0 aliphatic carbocycles. The zero-order valence-corrected chi connectivity index (χ0v) is 16.8. The van der Waals surface area contributed by atoms with Gasteiger partial charge in [0.15, 0.2) is 0 Å². The highest BCUT2D eigenvalue weighted by Crippen LogP contribution is 2.35. The van der Waals surface area contributed by atoms with Crippen molar-refractivity contribution in [2.24, 2.45) is 5.10 Å². The van der Waals surface area contributed by atoms with Crippen LogP contribution in [0.4, 0.5) is 5.69 Å². The van der Waals surface area contributed by atoms with E-state index in [1.807, 2.05) is 77.2 Å². The number of likely N-dealkylation sites (tertiary alicyclic amines) is 1. The van der Waals surface area contributed by atoms with Crippen molar-refractivity contribution >= 4 is 17.3 Å². The summed E-state index contributed by atoms with van der Waals surface area (Å²) in [5.74, 6) is 0.0680. The van der Waals surface area contributed by atoms with Crippen molar-refractivity contribution in [3.8, 4) is 0 Å². The van der Waals surface area contributed by atoms with Crippen molar-refractivity contribution in [3.63, 3.8) is 0 Å². The number of hydrogen-bond acceptors (Lipinski definition) is 4. The zero-order chi connectivity index (χ0) is 20.3. The van der Waals surface area contributed by atoms with Crippen LogP contribution in [0.3, 0.4) is 0 Å². The molecule has 3 heterocycles. The van der Waals surface area contributed by atoms with Gasteiger partial charge in [-0.15, -0.1) is 0 Å². The van der Waals surface area contributed by atoms with E-state index in [4.69, 9.17) is 5.10 Å². The quantitative estimate of drug-likeness (QED) is 0.665. The van der Waals surface area contributed by atoms with Gasteiger partial charge in [-0.25, -0.2) is 4.98 Å². The number of carbonyl (C=O) groups excluding carboxylic acids is 1. The van der Waals surface area contributed by atoms with Crippen LogP contribution in [0.5, 0.6) is 0 Å². The van der Waals surface area contributed by atoms with Gasteiger partial charge in [0.1, 0.15) is 5.71 Å². The summed E-state index contributed by atoms with van der Waals surface area (Å²) >= 11 is 0. The number of rotatable bonds is 4. The number of hydrazone groups is 1. The van der Waals surface area contributed by atoms with E-state index in [2.05, 4.69) is 21.7 Å². The number of carbonyl (C=O) groups is 1. The predicted molar refractivity (Wildman–Crippen MR) is 117 cm³/mol. The lowest BCUT2D eigenvalue weighted by atomic mass is 10.00. The van der Waals surface area contributed by atoms with Gasteiger partial charge in [0.2, 0.25) is 0 Å². The van der Waals surface area contributed by atoms with Crippen LogP contribution >= 0.6 is 0 Å². The van der Waals surface area contributed by atoms with Gasteiger partial charge in [0.05, 0.1) is 18.1 Å². The van der Waals surface area contributed by atoms with Gasteiger partial charge in [-0.2, -0.15) is 5.10 Å². The van der Waals surface area contributed by atoms with Gasteiger partial charge < -0.3 is 9.47 Å². The van der Waals surface area contributed by atoms with Crippen molar-refractivity contribution in [1.29, 1.82) is 0 Å². The summed E-state index contributed by atoms with van der Waals surface area (Å²) in [5.41, 5.74) is 2.83. The Morgan fingerprint density at radius 1 is 0.933 bits per heavy atom. The van der Waals surface area contributed by atoms with E-state index in [9.17, 15) is 4.79 Å². The fraction of sp³-hybridized carbons (Fsp3) is 0.292. The van der Waals surface area contributed by atoms with Crippen molar-refractivity contribution in [1.82, 2.24) is 14.5 Å². The molecular weight excluding hydrogens is 374 g/mol. The Labute approximate surface area is 176 Å². The molecule has 6 heteroatoms. The van der Waals surface area contributed by atoms with Gasteiger partial charge in [0.25, 0.3) is 5.91 Å². The standard InChI is InChI=1S/C24H25N5O/c30-24(27-14-11-20(12-15-27)28-16-13-25-18-28)22-17-23(19-7-3-1-4-8-19)29(26-22)21-9-5-2-6-10-21/h1-10,13,16,18,20,23H,11-12,14-15,17H2. The number of anilines is 1. The Morgan fingerprint density at radius 2 is 1.63 bits per heavy atom. The fourth-order valence-corrected chi connectivity index (χ4v) is 4.43. The summed E-state index contributed by atoms with van der Waals surface area (Å²) in [5, 5.41) is 6.80. The van der Waals surface area contributed by atoms with Crippen LogP contribution in [0.15, 0.2) is 84.5 Å². The molecule has 6 nitrogen and oxygen atoms in total. The summed E-state index contributed by atoms with van der Waals surface area (Å²) in [4.78, 5) is 19.4. The first-order chi connectivity index (χ1) is 14.8. The van der Waals surface area contributed by atoms with Gasteiger partial charge >= 0.3 is 0 Å². The number of benzene rings is 2. The van der Waals surface area contributed by atoms with Crippen LogP contribution in [0.1, 0.15) is 36.9 Å². The fourth-order valence-electron chi connectivity index (χ4n) is 4.43. The molecule has 2 aliphatic rings. The number of imidazole rings is 1. The Bertz CT molecular complexity index is 1010. The lowest BCUT2D eigenvalue weighted by Crippen LogP contribution is -2.42. The molecule has 1 unspecified atom stereocenters. The molecule has 0 bridgehead atoms. The highest BCUT2D eigenvalue weighted by atomic mass is 16.2. The predicted octanol–water partition coefficient (Wildman–Crippen LogP) is 4.05. The molecule has 0 spiro atoms. The summed E-state index contributed by atoms with van der Waals surface area (Å²) in [6.45, 7) is 1.50. The third-order valence-electron chi connectivity index (χ3n) is 6.06. The third-order valence-corrected chi connectivity index (χ3v) is 6.06. The summed E-state index contributed by atoms with van der Waals surface area (Å²) in [7, 11) is 0. The summed E-state index contributed by atoms with van der Waals surface area (Å²) in [6, 6.07) is 20.9. The van der Waals surface area contributed by atoms with E-state index < -0.39 is 0 Å². The van der Waals surface area contributed by atoms with Crippen molar-refractivity contribution in [2.45, 2.75) is 31.3 Å². The Kier molecular flexibility index (Phi) is 5.05. The van der Waals surface area contributed by atoms with Crippen LogP contribution in [0.2, 0.25) is 0 Å². The maximum Gasteiger partial charge on any atom is 0.270 e. The maximum atomic E-state index is 13.3. The number of aromatic nitrogens is 2. The number of nitrogens with zero attached hydrogens (tertiary/aromatic N) is 5. The van der Waals surface area contributed by atoms with E-state index in [0.29, 0.717) is 18.2 Å². The second-order valence-corrected chi connectivity index (χ2v) is 7.89. The van der Waals surface area contributed by atoms with E-state index in [1.54, 1.807) is 0 Å². The summed E-state index contributed by atoms with van der Waals surface area (Å²) < 4.78 is 2.15. The summed E-state index contributed by atoms with van der Waals surface area (Å²) in [6.07, 6.45) is 8.20. The van der Waals surface area contributed by atoms with E-state index in [-0.39, 0.29) is 11.9 Å². The molecular formula is C24H25N5O. The molecule has 0 saturated carbocycles. The minimum Gasteiger partial charge on any atom is -0.337 e. The number of hydrogen-bond donors (Lipinski definition) is 0. The number of para-hydroxylation sites is 1. The van der Waals surface area contributed by atoms with E-state index in [0.717, 1.165) is 31.6 Å². The highest BCUT2D eigenvalue weighted by molar-refractivity contribution is 6.39. The van der Waals surface area contributed by atoms with Crippen molar-refractivity contribution in [3.05, 3.63) is 84.9 Å². The molecule has 2 aliphatic heterocycles. The Balaban J connectivity index is 1.34. The zero-order valence-electron chi connectivity index (χ0n) is 16.8. The maximum absolute atomic E-state index is 13.3. The topological polar surface area (TPSA) is 53.7 Å². The van der Waals surface area contributed by atoms with Crippen molar-refractivity contribution < 1.29 is 4.79 Å². The van der Waals surface area contributed by atoms with Crippen LogP contribution < -0.4 is 5.01 Å². The average Bonchev–Trinajstić information content (AvgIpc) is 3.51. The Hall–Kier alpha value is -3.41. The van der Waals surface area contributed by atoms with Gasteiger partial charge in [-0.05, 0) is 30.5 Å². The number of piperidine rings is 1. The molecule has 152 valence electrons. The third kappa shape index (κ3) is 3.61. The van der Waals surface area contributed by atoms with Crippen LogP contribution in [-0.4, -0.2) is 39.2 Å². The molecule has 30 heavy (non-hydrogen) atoms. The molecule has 0 N–H and O–H groups in total. The van der Waals surface area contributed by atoms with Crippen LogP contribution in [0, 0.1) is 0 Å². The second-order valence-electron chi connectivity index (χ2n) is 7.89. The first-order valence-corrected chi connectivity index (χ1v) is 10.5. The first-order valence-electron chi connectivity index (χ1n) is 10.5. The van der Waals surface area contributed by atoms with E-state index in [1.165, 1.54) is 5.56 Å². The van der Waals surface area contributed by atoms with Crippen LogP contribution in [0.25, 0.3) is 0 Å². The minimum atomic E-state index is 0.0380. The molecule has 1 saturated heterocycles. The molecule has 1 amide bonds. The average molecular weight is 399 g/mol. The van der Waals surface area contributed by atoms with Gasteiger partial charge in [-0.1, -0.05) is 48.5 Å². The smallest absolute Gasteiger partial charge is 0.270 e. The van der Waals surface area contributed by atoms with E-state index >= 15 is 0 Å². The second kappa shape index (κ2) is 8.14. The highest BCUT2D eigenvalue weighted by Gasteiger charge is 2.35. The molecule has 1 fully saturated rings. The SMILES string of the molecule is O=C(C1=NN(c2ccccc2)C(c2ccccc2)C1)N1CCC(n2ccnc2)CC1. The van der Waals surface area contributed by atoms with Gasteiger partial charge in [0, 0.05) is 37.9 Å². The largest absolute Gasteiger partial charge is 0.337 e. The van der Waals surface area contributed by atoms with Crippen molar-refractivity contribution in [2.75, 3.05) is 18.1 Å².